The monoisotopic (exact) mass is 263 g/mol. The van der Waals surface area contributed by atoms with E-state index in [0.29, 0.717) is 6.61 Å². The third-order valence-electron chi connectivity index (χ3n) is 1.03. The summed E-state index contributed by atoms with van der Waals surface area (Å²) in [6.45, 7) is 3.40. The van der Waals surface area contributed by atoms with Crippen molar-refractivity contribution >= 4 is 12.4 Å². The maximum absolute atomic E-state index is 10.2. The highest BCUT2D eigenvalue weighted by atomic mass is 16.5. The molecule has 10 nitrogen and oxygen atoms in total. The van der Waals surface area contributed by atoms with Crippen molar-refractivity contribution in [3.05, 3.63) is 31.5 Å². The largest absolute Gasteiger partial charge is 0.483 e. The van der Waals surface area contributed by atoms with Crippen molar-refractivity contribution in [1.29, 1.82) is 0 Å². The summed E-state index contributed by atoms with van der Waals surface area (Å²) in [5.41, 5.74) is -2.41. The van der Waals surface area contributed by atoms with Gasteiger partial charge < -0.3 is 9.84 Å². The molecule has 0 aliphatic carbocycles. The SMILES string of the molecule is CCOC(C)=O.O=CO.O=c1[nH]c(=O)[nH]c(=O)[nH]1. The molecule has 102 valence electrons. The van der Waals surface area contributed by atoms with Crippen LogP contribution in [0, 0.1) is 0 Å². The number of carbonyl (C=O) groups excluding carboxylic acids is 1. The highest BCUT2D eigenvalue weighted by molar-refractivity contribution is 5.65. The van der Waals surface area contributed by atoms with Gasteiger partial charge in [0.1, 0.15) is 0 Å². The summed E-state index contributed by atoms with van der Waals surface area (Å²) in [6, 6.07) is 0. The van der Waals surface area contributed by atoms with E-state index in [1.807, 2.05) is 0 Å². The molecule has 10 heteroatoms. The quantitative estimate of drug-likeness (QED) is 0.337. The van der Waals surface area contributed by atoms with E-state index in [9.17, 15) is 19.2 Å². The van der Waals surface area contributed by atoms with Crippen molar-refractivity contribution in [2.45, 2.75) is 13.8 Å². The average Bonchev–Trinajstić information content (AvgIpc) is 2.16. The summed E-state index contributed by atoms with van der Waals surface area (Å²) in [5, 5.41) is 6.89. The number of hydrogen-bond donors (Lipinski definition) is 4. The number of carbonyl (C=O) groups is 2. The third-order valence-corrected chi connectivity index (χ3v) is 1.03. The Labute approximate surface area is 99.6 Å². The molecule has 0 aromatic carbocycles. The van der Waals surface area contributed by atoms with Gasteiger partial charge in [-0.1, -0.05) is 0 Å². The minimum absolute atomic E-state index is 0.211. The van der Waals surface area contributed by atoms with Crippen LogP contribution in [0.5, 0.6) is 0 Å². The Morgan fingerprint density at radius 3 is 1.56 bits per heavy atom. The van der Waals surface area contributed by atoms with Crippen LogP contribution < -0.4 is 17.1 Å². The van der Waals surface area contributed by atoms with Gasteiger partial charge in [-0.05, 0) is 6.92 Å². The van der Waals surface area contributed by atoms with E-state index >= 15 is 0 Å². The van der Waals surface area contributed by atoms with E-state index < -0.39 is 17.1 Å². The lowest BCUT2D eigenvalue weighted by molar-refractivity contribution is -0.140. The second-order valence-electron chi connectivity index (χ2n) is 2.39. The highest BCUT2D eigenvalue weighted by Gasteiger charge is 1.85. The van der Waals surface area contributed by atoms with Gasteiger partial charge in [-0.15, -0.1) is 0 Å². The predicted molar refractivity (Wildman–Crippen MR) is 59.3 cm³/mol. The molecule has 0 bridgehead atoms. The number of hydrogen-bond acceptors (Lipinski definition) is 6. The summed E-state index contributed by atoms with van der Waals surface area (Å²) >= 11 is 0. The zero-order chi connectivity index (χ0) is 14.6. The molecule has 0 radical (unpaired) electrons. The lowest BCUT2D eigenvalue weighted by Gasteiger charge is -1.89. The maximum atomic E-state index is 10.2. The molecular weight excluding hydrogens is 250 g/mol. The van der Waals surface area contributed by atoms with Crippen LogP contribution in [0.3, 0.4) is 0 Å². The Bertz CT molecular complexity index is 434. The van der Waals surface area contributed by atoms with Crippen molar-refractivity contribution < 1.29 is 19.4 Å². The summed E-state index contributed by atoms with van der Waals surface area (Å²) in [4.78, 5) is 54.1. The normalized spacial score (nSPS) is 7.89. The van der Waals surface area contributed by atoms with Crippen LogP contribution in [-0.2, 0) is 14.3 Å². The number of aromatic amines is 3. The molecule has 0 saturated heterocycles. The number of nitrogens with one attached hydrogen (secondary N) is 3. The van der Waals surface area contributed by atoms with Gasteiger partial charge in [0.05, 0.1) is 6.61 Å². The fraction of sp³-hybridized carbons (Fsp3) is 0.375. The van der Waals surface area contributed by atoms with Crippen LogP contribution in [-0.4, -0.2) is 39.1 Å². The van der Waals surface area contributed by atoms with Gasteiger partial charge in [-0.3, -0.25) is 24.5 Å². The maximum Gasteiger partial charge on any atom is 0.330 e. The topological polar surface area (TPSA) is 162 Å². The first-order valence-electron chi connectivity index (χ1n) is 4.51. The molecule has 0 aliphatic heterocycles. The molecule has 0 atom stereocenters. The molecule has 4 N–H and O–H groups in total. The Balaban J connectivity index is 0. The Hall–Kier alpha value is -2.65. The Morgan fingerprint density at radius 1 is 1.17 bits per heavy atom. The van der Waals surface area contributed by atoms with Crippen molar-refractivity contribution in [3.8, 4) is 0 Å². The van der Waals surface area contributed by atoms with E-state index in [2.05, 4.69) is 4.74 Å². The molecule has 0 spiro atoms. The lowest BCUT2D eigenvalue weighted by Crippen LogP contribution is -2.34. The zero-order valence-electron chi connectivity index (χ0n) is 9.68. The van der Waals surface area contributed by atoms with E-state index in [1.165, 1.54) is 6.92 Å². The van der Waals surface area contributed by atoms with E-state index in [0.717, 1.165) is 0 Å². The zero-order valence-corrected chi connectivity index (χ0v) is 9.68. The van der Waals surface area contributed by atoms with Crippen molar-refractivity contribution in [3.63, 3.8) is 0 Å². The van der Waals surface area contributed by atoms with Gasteiger partial charge in [0.15, 0.2) is 0 Å². The molecule has 1 aromatic rings. The first-order valence-corrected chi connectivity index (χ1v) is 4.51. The van der Waals surface area contributed by atoms with E-state index in [-0.39, 0.29) is 12.4 Å². The first-order chi connectivity index (χ1) is 8.37. The molecule has 1 heterocycles. The molecule has 0 saturated carbocycles. The summed E-state index contributed by atoms with van der Waals surface area (Å²) in [5.74, 6) is -0.211. The fourth-order valence-corrected chi connectivity index (χ4v) is 0.606. The molecule has 0 aliphatic rings. The van der Waals surface area contributed by atoms with Crippen LogP contribution in [0.25, 0.3) is 0 Å². The predicted octanol–water partition coefficient (Wildman–Crippen LogP) is -1.98. The lowest BCUT2D eigenvalue weighted by atomic mass is 10.8. The van der Waals surface area contributed by atoms with Crippen LogP contribution in [0.15, 0.2) is 14.4 Å². The van der Waals surface area contributed by atoms with Crippen LogP contribution in [0.2, 0.25) is 0 Å². The number of rotatable bonds is 1. The summed E-state index contributed by atoms with van der Waals surface area (Å²) < 4.78 is 4.40. The van der Waals surface area contributed by atoms with Gasteiger partial charge in [0, 0.05) is 6.92 Å². The molecule has 18 heavy (non-hydrogen) atoms. The highest BCUT2D eigenvalue weighted by Crippen LogP contribution is 1.69. The van der Waals surface area contributed by atoms with Crippen molar-refractivity contribution in [2.75, 3.05) is 6.61 Å². The van der Waals surface area contributed by atoms with Gasteiger partial charge in [-0.25, -0.2) is 14.4 Å². The van der Waals surface area contributed by atoms with Crippen LogP contribution >= 0.6 is 0 Å². The van der Waals surface area contributed by atoms with E-state index in [1.54, 1.807) is 21.9 Å². The molecular formula is C8H13N3O7. The molecule has 0 unspecified atom stereocenters. The summed E-state index contributed by atoms with van der Waals surface area (Å²) in [6.07, 6.45) is 0. The second kappa shape index (κ2) is 10.9. The van der Waals surface area contributed by atoms with Gasteiger partial charge >= 0.3 is 23.0 Å². The number of ether oxygens (including phenoxy) is 1. The molecule has 0 fully saturated rings. The molecule has 0 amide bonds. The minimum atomic E-state index is -0.802. The number of aromatic nitrogens is 3. The second-order valence-corrected chi connectivity index (χ2v) is 2.39. The third kappa shape index (κ3) is 13.4. The Morgan fingerprint density at radius 2 is 1.44 bits per heavy atom. The standard InChI is InChI=1S/C4H8O2.C3H3N3O3.CH2O2/c1-3-6-4(2)5;7-1-4-2(8)6-3(9)5-1;2-1-3/h3H2,1-2H3;(H3,4,5,6,7,8,9);1H,(H,2,3). The van der Waals surface area contributed by atoms with Crippen molar-refractivity contribution in [1.82, 2.24) is 15.0 Å². The smallest absolute Gasteiger partial charge is 0.330 e. The van der Waals surface area contributed by atoms with Crippen molar-refractivity contribution in [2.24, 2.45) is 0 Å². The first kappa shape index (κ1) is 17.7. The Kier molecular flexibility index (Phi) is 10.7. The number of esters is 1. The van der Waals surface area contributed by atoms with Crippen LogP contribution in [0.4, 0.5) is 0 Å². The van der Waals surface area contributed by atoms with Gasteiger partial charge in [0.25, 0.3) is 6.47 Å². The number of H-pyrrole nitrogens is 3. The average molecular weight is 263 g/mol. The van der Waals surface area contributed by atoms with E-state index in [4.69, 9.17) is 9.90 Å². The molecule has 1 aromatic heterocycles. The summed E-state index contributed by atoms with van der Waals surface area (Å²) in [7, 11) is 0. The number of carboxylic acid groups (broad SMARTS) is 1. The minimum Gasteiger partial charge on any atom is -0.483 e. The van der Waals surface area contributed by atoms with Crippen LogP contribution in [0.1, 0.15) is 13.8 Å². The van der Waals surface area contributed by atoms with Gasteiger partial charge in [0.2, 0.25) is 0 Å². The van der Waals surface area contributed by atoms with Gasteiger partial charge in [-0.2, -0.15) is 0 Å². The molecule has 1 rings (SSSR count). The fourth-order valence-electron chi connectivity index (χ4n) is 0.606.